The van der Waals surface area contributed by atoms with Crippen LogP contribution in [0.1, 0.15) is 76.8 Å². The first kappa shape index (κ1) is 20.6. The van der Waals surface area contributed by atoms with Crippen molar-refractivity contribution in [1.29, 1.82) is 5.26 Å². The number of aryl methyl sites for hydroxylation is 1. The minimum Gasteiger partial charge on any atom is -0.384 e. The minimum atomic E-state index is 0.534. The Morgan fingerprint density at radius 3 is 2.80 bits per heavy atom. The first-order chi connectivity index (χ1) is 14.6. The molecule has 0 saturated heterocycles. The molecular formula is C26H39N3O. The van der Waals surface area contributed by atoms with Crippen LogP contribution in [-0.4, -0.2) is 23.5 Å². The number of nitrogens with zero attached hydrogens (tertiary/aromatic N) is 3. The monoisotopic (exact) mass is 409 g/mol. The Bertz CT molecular complexity index is 781. The second kappa shape index (κ2) is 8.30. The van der Waals surface area contributed by atoms with Gasteiger partial charge in [-0.1, -0.05) is 6.92 Å². The average Bonchev–Trinajstić information content (AvgIpc) is 3.35. The molecule has 0 aromatic carbocycles. The zero-order valence-corrected chi connectivity index (χ0v) is 18.9. The second-order valence-electron chi connectivity index (χ2n) is 11.3. The fraction of sp³-hybridized carbons (Fsp3) is 0.846. The molecule has 0 aliphatic heterocycles. The predicted octanol–water partition coefficient (Wildman–Crippen LogP) is 5.68. The van der Waals surface area contributed by atoms with E-state index in [-0.39, 0.29) is 0 Å². The van der Waals surface area contributed by atoms with Crippen LogP contribution in [0.5, 0.6) is 0 Å². The van der Waals surface area contributed by atoms with Gasteiger partial charge in [0.05, 0.1) is 0 Å². The van der Waals surface area contributed by atoms with E-state index in [1.54, 1.807) is 0 Å². The fourth-order valence-corrected chi connectivity index (χ4v) is 8.75. The van der Waals surface area contributed by atoms with E-state index >= 15 is 0 Å². The number of aromatic nitrogens is 2. The highest BCUT2D eigenvalue weighted by molar-refractivity contribution is 5.16. The topological polar surface area (TPSA) is 50.8 Å². The van der Waals surface area contributed by atoms with Crippen molar-refractivity contribution in [3.63, 3.8) is 0 Å². The molecule has 5 rings (SSSR count). The second-order valence-corrected chi connectivity index (χ2v) is 11.3. The van der Waals surface area contributed by atoms with Gasteiger partial charge in [-0.25, -0.2) is 0 Å². The number of rotatable bonds is 5. The molecular weight excluding hydrogens is 370 g/mol. The third-order valence-electron chi connectivity index (χ3n) is 10.1. The Hall–Kier alpha value is -1.34. The van der Waals surface area contributed by atoms with Crippen molar-refractivity contribution in [2.75, 3.05) is 13.7 Å². The van der Waals surface area contributed by atoms with E-state index in [0.717, 1.165) is 54.6 Å². The SMILES string of the molecule is COC[C@H]1CC[C@@H]2C3CC[C@@]4(C)C(CC[C@@H]4CCn4ccc(C#N)n4)[C@@H]3CC[C@@H]2C1. The molecule has 1 aromatic heterocycles. The number of ether oxygens (including phenoxy) is 1. The smallest absolute Gasteiger partial charge is 0.162 e. The lowest BCUT2D eigenvalue weighted by Gasteiger charge is -2.56. The summed E-state index contributed by atoms with van der Waals surface area (Å²) in [5.41, 5.74) is 1.08. The van der Waals surface area contributed by atoms with Gasteiger partial charge in [0, 0.05) is 26.5 Å². The van der Waals surface area contributed by atoms with Crippen molar-refractivity contribution in [3.05, 3.63) is 18.0 Å². The summed E-state index contributed by atoms with van der Waals surface area (Å²) in [5.74, 6) is 6.59. The van der Waals surface area contributed by atoms with Gasteiger partial charge in [-0.15, -0.1) is 0 Å². The molecule has 4 aliphatic carbocycles. The quantitative estimate of drug-likeness (QED) is 0.629. The summed E-state index contributed by atoms with van der Waals surface area (Å²) in [6.45, 7) is 4.58. The van der Waals surface area contributed by atoms with Crippen LogP contribution < -0.4 is 0 Å². The Balaban J connectivity index is 1.23. The summed E-state index contributed by atoms with van der Waals surface area (Å²) in [6, 6.07) is 3.99. The summed E-state index contributed by atoms with van der Waals surface area (Å²) in [6.07, 6.45) is 16.2. The summed E-state index contributed by atoms with van der Waals surface area (Å²) in [7, 11) is 1.87. The third kappa shape index (κ3) is 3.52. The molecule has 4 saturated carbocycles. The molecule has 8 atom stereocenters. The molecule has 4 aliphatic rings. The lowest BCUT2D eigenvalue weighted by Crippen LogP contribution is -2.48. The van der Waals surface area contributed by atoms with Gasteiger partial charge < -0.3 is 4.74 Å². The van der Waals surface area contributed by atoms with Crippen LogP contribution in [0.25, 0.3) is 0 Å². The van der Waals surface area contributed by atoms with E-state index in [9.17, 15) is 0 Å². The van der Waals surface area contributed by atoms with Crippen LogP contribution >= 0.6 is 0 Å². The molecule has 0 amide bonds. The van der Waals surface area contributed by atoms with Crippen molar-refractivity contribution in [2.45, 2.75) is 77.7 Å². The number of nitriles is 1. The van der Waals surface area contributed by atoms with Crippen molar-refractivity contribution < 1.29 is 4.74 Å². The lowest BCUT2D eigenvalue weighted by atomic mass is 9.49. The Morgan fingerprint density at radius 1 is 1.13 bits per heavy atom. The first-order valence-corrected chi connectivity index (χ1v) is 12.5. The molecule has 0 bridgehead atoms. The molecule has 164 valence electrons. The number of methoxy groups -OCH3 is 1. The predicted molar refractivity (Wildman–Crippen MR) is 118 cm³/mol. The highest BCUT2D eigenvalue weighted by Crippen LogP contribution is 2.65. The van der Waals surface area contributed by atoms with E-state index in [4.69, 9.17) is 10.00 Å². The van der Waals surface area contributed by atoms with Gasteiger partial charge in [-0.05, 0) is 117 Å². The Kier molecular flexibility index (Phi) is 5.69. The molecule has 30 heavy (non-hydrogen) atoms. The first-order valence-electron chi connectivity index (χ1n) is 12.5. The minimum absolute atomic E-state index is 0.534. The third-order valence-corrected chi connectivity index (χ3v) is 10.1. The Labute approximate surface area is 182 Å². The van der Waals surface area contributed by atoms with Gasteiger partial charge in [-0.3, -0.25) is 4.68 Å². The highest BCUT2D eigenvalue weighted by Gasteiger charge is 2.56. The van der Waals surface area contributed by atoms with Crippen LogP contribution in [0.4, 0.5) is 0 Å². The standard InChI is InChI=1S/C26H39N3O/c1-26-12-9-23-22-6-3-18(17-30-2)15-19(22)4-7-24(23)25(26)8-5-20(26)10-13-29-14-11-21(16-27)28-29/h11,14,18-20,22-25H,3-10,12-13,15,17H2,1-2H3/t18-,19+,20+,22-,23?,24+,25?,26+/m0/s1. The lowest BCUT2D eigenvalue weighted by molar-refractivity contribution is -0.0727. The molecule has 2 unspecified atom stereocenters. The van der Waals surface area contributed by atoms with E-state index < -0.39 is 0 Å². The summed E-state index contributed by atoms with van der Waals surface area (Å²) in [5, 5.41) is 13.4. The van der Waals surface area contributed by atoms with Gasteiger partial charge in [-0.2, -0.15) is 10.4 Å². The molecule has 1 heterocycles. The molecule has 0 N–H and O–H groups in total. The number of fused-ring (bicyclic) bond motifs is 5. The fourth-order valence-electron chi connectivity index (χ4n) is 8.75. The largest absolute Gasteiger partial charge is 0.384 e. The molecule has 1 aromatic rings. The van der Waals surface area contributed by atoms with E-state index in [2.05, 4.69) is 18.1 Å². The van der Waals surface area contributed by atoms with Gasteiger partial charge >= 0.3 is 0 Å². The van der Waals surface area contributed by atoms with Crippen LogP contribution in [-0.2, 0) is 11.3 Å². The normalized spacial score (nSPS) is 42.8. The van der Waals surface area contributed by atoms with Crippen molar-refractivity contribution in [1.82, 2.24) is 9.78 Å². The molecule has 0 spiro atoms. The van der Waals surface area contributed by atoms with Crippen LogP contribution in [0.3, 0.4) is 0 Å². The van der Waals surface area contributed by atoms with E-state index in [0.29, 0.717) is 11.1 Å². The summed E-state index contributed by atoms with van der Waals surface area (Å²) < 4.78 is 7.48. The van der Waals surface area contributed by atoms with Crippen molar-refractivity contribution in [2.24, 2.45) is 46.8 Å². The molecule has 4 fully saturated rings. The van der Waals surface area contributed by atoms with Crippen molar-refractivity contribution >= 4 is 0 Å². The van der Waals surface area contributed by atoms with Gasteiger partial charge in [0.2, 0.25) is 0 Å². The van der Waals surface area contributed by atoms with Crippen molar-refractivity contribution in [3.8, 4) is 6.07 Å². The maximum atomic E-state index is 9.03. The van der Waals surface area contributed by atoms with Gasteiger partial charge in [0.25, 0.3) is 0 Å². The van der Waals surface area contributed by atoms with Gasteiger partial charge in [0.15, 0.2) is 5.69 Å². The van der Waals surface area contributed by atoms with Crippen LogP contribution in [0.2, 0.25) is 0 Å². The average molecular weight is 410 g/mol. The summed E-state index contributed by atoms with van der Waals surface area (Å²) >= 11 is 0. The van der Waals surface area contributed by atoms with Crippen LogP contribution in [0, 0.1) is 58.2 Å². The molecule has 0 radical (unpaired) electrons. The van der Waals surface area contributed by atoms with Gasteiger partial charge in [0.1, 0.15) is 6.07 Å². The van der Waals surface area contributed by atoms with E-state index in [1.165, 1.54) is 64.2 Å². The maximum Gasteiger partial charge on any atom is 0.162 e. The zero-order chi connectivity index (χ0) is 20.7. The highest BCUT2D eigenvalue weighted by atomic mass is 16.5. The number of hydrogen-bond donors (Lipinski definition) is 0. The van der Waals surface area contributed by atoms with Crippen LogP contribution in [0.15, 0.2) is 12.3 Å². The molecule has 4 nitrogen and oxygen atoms in total. The Morgan fingerprint density at radius 2 is 2.00 bits per heavy atom. The number of hydrogen-bond acceptors (Lipinski definition) is 3. The van der Waals surface area contributed by atoms with E-state index in [1.807, 2.05) is 24.1 Å². The molecule has 4 heteroatoms. The zero-order valence-electron chi connectivity index (χ0n) is 18.9. The summed E-state index contributed by atoms with van der Waals surface area (Å²) in [4.78, 5) is 0. The maximum absolute atomic E-state index is 9.03.